The Morgan fingerprint density at radius 1 is 1.04 bits per heavy atom. The van der Waals surface area contributed by atoms with Crippen molar-refractivity contribution in [3.63, 3.8) is 0 Å². The number of aliphatic hydroxyl groups excluding tert-OH is 1. The maximum absolute atomic E-state index is 13.6. The molecule has 0 aliphatic rings. The fourth-order valence-electron chi connectivity index (χ4n) is 2.36. The number of hydrogen-bond acceptors (Lipinski definition) is 4. The van der Waals surface area contributed by atoms with E-state index in [1.807, 2.05) is 31.1 Å². The Hall–Kier alpha value is -1.32. The molecule has 0 amide bonds. The molecule has 0 spiro atoms. The molecule has 1 N–H and O–H groups in total. The summed E-state index contributed by atoms with van der Waals surface area (Å²) in [6.07, 6.45) is -0.286. The number of aliphatic hydroxyl groups is 1. The minimum absolute atomic E-state index is 0.286. The Labute approximate surface area is 148 Å². The van der Waals surface area contributed by atoms with Gasteiger partial charge in [0.2, 0.25) is 0 Å². The van der Waals surface area contributed by atoms with Gasteiger partial charge in [0.25, 0.3) is 7.37 Å². The van der Waals surface area contributed by atoms with Crippen LogP contribution in [0, 0.1) is 0 Å². The number of halogens is 1. The third-order valence-electron chi connectivity index (χ3n) is 3.58. The van der Waals surface area contributed by atoms with Crippen molar-refractivity contribution in [2.45, 2.75) is 25.8 Å². The van der Waals surface area contributed by atoms with E-state index in [9.17, 15) is 9.67 Å². The monoisotopic (exact) mass is 367 g/mol. The highest BCUT2D eigenvalue weighted by atomic mass is 35.5. The second-order valence-electron chi connectivity index (χ2n) is 6.09. The quantitative estimate of drug-likeness (QED) is 0.767. The van der Waals surface area contributed by atoms with Crippen molar-refractivity contribution in [1.82, 2.24) is 0 Å². The molecule has 2 atom stereocenters. The molecule has 0 heterocycles. The topological polar surface area (TPSA) is 49.8 Å². The van der Waals surface area contributed by atoms with Crippen LogP contribution in [0.1, 0.15) is 25.3 Å². The lowest BCUT2D eigenvalue weighted by Crippen LogP contribution is -2.18. The van der Waals surface area contributed by atoms with Crippen molar-refractivity contribution in [3.05, 3.63) is 59.1 Å². The predicted molar refractivity (Wildman–Crippen MR) is 101 cm³/mol. The summed E-state index contributed by atoms with van der Waals surface area (Å²) in [7, 11) is 0.353. The zero-order valence-electron chi connectivity index (χ0n) is 14.3. The van der Waals surface area contributed by atoms with Gasteiger partial charge in [0.05, 0.1) is 6.10 Å². The maximum Gasteiger partial charge on any atom is 0.264 e. The highest BCUT2D eigenvalue weighted by molar-refractivity contribution is 7.67. The molecule has 0 aromatic heterocycles. The number of nitrogens with zero attached hydrogens (tertiary/aromatic N) is 1. The fourth-order valence-corrected chi connectivity index (χ4v) is 4.76. The van der Waals surface area contributed by atoms with Gasteiger partial charge < -0.3 is 14.5 Å². The Balaban J connectivity index is 2.45. The van der Waals surface area contributed by atoms with Gasteiger partial charge in [-0.3, -0.25) is 4.57 Å². The lowest BCUT2D eigenvalue weighted by Gasteiger charge is -2.27. The van der Waals surface area contributed by atoms with Crippen molar-refractivity contribution in [3.8, 4) is 0 Å². The Morgan fingerprint density at radius 3 is 2.04 bits per heavy atom. The zero-order valence-corrected chi connectivity index (χ0v) is 16.0. The van der Waals surface area contributed by atoms with Gasteiger partial charge in [0.15, 0.2) is 5.85 Å². The minimum atomic E-state index is -3.51. The van der Waals surface area contributed by atoms with Gasteiger partial charge in [-0.05, 0) is 55.8 Å². The summed E-state index contributed by atoms with van der Waals surface area (Å²) in [5, 5.41) is 11.8. The number of hydrogen-bond donors (Lipinski definition) is 1. The normalized spacial score (nSPS) is 15.1. The molecule has 0 aliphatic heterocycles. The van der Waals surface area contributed by atoms with Gasteiger partial charge in [-0.2, -0.15) is 0 Å². The lowest BCUT2D eigenvalue weighted by atomic mass is 10.2. The van der Waals surface area contributed by atoms with Crippen molar-refractivity contribution in [2.75, 3.05) is 19.0 Å². The molecule has 0 fully saturated rings. The van der Waals surface area contributed by atoms with Crippen LogP contribution in [-0.4, -0.2) is 25.3 Å². The first kappa shape index (κ1) is 19.0. The Morgan fingerprint density at radius 2 is 1.58 bits per heavy atom. The van der Waals surface area contributed by atoms with E-state index in [2.05, 4.69) is 0 Å². The minimum Gasteiger partial charge on any atom is -0.378 e. The van der Waals surface area contributed by atoms with Crippen molar-refractivity contribution in [1.29, 1.82) is 0 Å². The third kappa shape index (κ3) is 4.20. The highest BCUT2D eigenvalue weighted by Crippen LogP contribution is 2.58. The maximum atomic E-state index is 13.6. The first-order chi connectivity index (χ1) is 11.2. The van der Waals surface area contributed by atoms with Gasteiger partial charge >= 0.3 is 0 Å². The number of anilines is 1. The molecule has 2 rings (SSSR count). The molecule has 24 heavy (non-hydrogen) atoms. The first-order valence-corrected chi connectivity index (χ1v) is 9.81. The van der Waals surface area contributed by atoms with Crippen LogP contribution in [0.3, 0.4) is 0 Å². The standard InChI is InChI=1S/C18H23ClNO3P/c1-13(2)23-24(22,17-11-9-16(10-12-17)20(3)4)18(21)14-5-7-15(19)8-6-14/h5-13,18,21H,1-4H3/t18-,24-/m0/s1. The third-order valence-corrected chi connectivity index (χ3v) is 6.53. The average molecular weight is 368 g/mol. The molecule has 6 heteroatoms. The molecule has 2 aromatic rings. The van der Waals surface area contributed by atoms with Gasteiger partial charge in [-0.25, -0.2) is 0 Å². The van der Waals surface area contributed by atoms with Gasteiger partial charge in [0.1, 0.15) is 0 Å². The van der Waals surface area contributed by atoms with Gasteiger partial charge in [0, 0.05) is 30.1 Å². The first-order valence-electron chi connectivity index (χ1n) is 7.73. The van der Waals surface area contributed by atoms with E-state index in [0.29, 0.717) is 15.9 Å². The fraction of sp³-hybridized carbons (Fsp3) is 0.333. The SMILES string of the molecule is CC(C)O[P@@](=O)(c1ccc(N(C)C)cc1)[C@H](O)c1ccc(Cl)cc1. The van der Waals surface area contributed by atoms with Crippen LogP contribution in [0.2, 0.25) is 5.02 Å². The van der Waals surface area contributed by atoms with Gasteiger partial charge in [-0.1, -0.05) is 23.7 Å². The molecule has 0 bridgehead atoms. The van der Waals surface area contributed by atoms with E-state index in [4.69, 9.17) is 16.1 Å². The van der Waals surface area contributed by atoms with Crippen LogP contribution in [0.5, 0.6) is 0 Å². The van der Waals surface area contributed by atoms with Crippen LogP contribution >= 0.6 is 19.0 Å². The lowest BCUT2D eigenvalue weighted by molar-refractivity contribution is 0.189. The summed E-state index contributed by atoms with van der Waals surface area (Å²) in [6, 6.07) is 13.9. The van der Waals surface area contributed by atoms with Crippen LogP contribution in [0.25, 0.3) is 0 Å². The van der Waals surface area contributed by atoms with Gasteiger partial charge in [-0.15, -0.1) is 0 Å². The summed E-state index contributed by atoms with van der Waals surface area (Å²) >= 11 is 5.89. The summed E-state index contributed by atoms with van der Waals surface area (Å²) in [5.41, 5.74) is 1.50. The molecule has 2 aromatic carbocycles. The summed E-state index contributed by atoms with van der Waals surface area (Å²) in [4.78, 5) is 1.95. The van der Waals surface area contributed by atoms with Crippen molar-refractivity contribution in [2.24, 2.45) is 0 Å². The predicted octanol–water partition coefficient (Wildman–Crippen LogP) is 4.43. The van der Waals surface area contributed by atoms with E-state index >= 15 is 0 Å². The molecule has 0 unspecified atom stereocenters. The van der Waals surface area contributed by atoms with Crippen LogP contribution in [0.4, 0.5) is 5.69 Å². The van der Waals surface area contributed by atoms with Crippen LogP contribution in [0.15, 0.2) is 48.5 Å². The molecule has 0 saturated heterocycles. The molecular weight excluding hydrogens is 345 g/mol. The zero-order chi connectivity index (χ0) is 17.9. The Kier molecular flexibility index (Phi) is 6.11. The summed E-state index contributed by atoms with van der Waals surface area (Å²) in [5.74, 6) is -1.25. The van der Waals surface area contributed by atoms with E-state index in [1.54, 1.807) is 50.2 Å². The summed E-state index contributed by atoms with van der Waals surface area (Å²) < 4.78 is 19.3. The molecule has 130 valence electrons. The smallest absolute Gasteiger partial charge is 0.264 e. The van der Waals surface area contributed by atoms with E-state index in [-0.39, 0.29) is 6.10 Å². The molecular formula is C18H23ClNO3P. The molecule has 0 radical (unpaired) electrons. The highest BCUT2D eigenvalue weighted by Gasteiger charge is 2.37. The van der Waals surface area contributed by atoms with E-state index < -0.39 is 13.2 Å². The average Bonchev–Trinajstić information content (AvgIpc) is 2.54. The van der Waals surface area contributed by atoms with Crippen molar-refractivity contribution < 1.29 is 14.2 Å². The Bertz CT molecular complexity index is 714. The number of benzene rings is 2. The van der Waals surface area contributed by atoms with E-state index in [1.165, 1.54) is 0 Å². The van der Waals surface area contributed by atoms with Crippen molar-refractivity contribution >= 4 is 30.0 Å². The molecule has 0 aliphatic carbocycles. The molecule has 4 nitrogen and oxygen atoms in total. The molecule has 0 saturated carbocycles. The number of rotatable bonds is 6. The van der Waals surface area contributed by atoms with Crippen LogP contribution in [-0.2, 0) is 9.09 Å². The van der Waals surface area contributed by atoms with E-state index in [0.717, 1.165) is 5.69 Å². The van der Waals surface area contributed by atoms with Crippen LogP contribution < -0.4 is 10.2 Å². The second kappa shape index (κ2) is 7.71. The second-order valence-corrected chi connectivity index (χ2v) is 8.93. The largest absolute Gasteiger partial charge is 0.378 e. The summed E-state index contributed by atoms with van der Waals surface area (Å²) in [6.45, 7) is 3.60.